The molecule has 1 aliphatic rings. The molecule has 2 N–H and O–H groups in total. The van der Waals surface area contributed by atoms with E-state index in [1.807, 2.05) is 4.90 Å². The Bertz CT molecular complexity index is 230. The Morgan fingerprint density at radius 3 is 2.53 bits per heavy atom. The average molecular weight is 210 g/mol. The van der Waals surface area contributed by atoms with Gasteiger partial charge in [-0.1, -0.05) is 6.08 Å². The zero-order chi connectivity index (χ0) is 11.4. The van der Waals surface area contributed by atoms with Crippen LogP contribution in [-0.2, 0) is 4.79 Å². The molecule has 0 spiro atoms. The van der Waals surface area contributed by atoms with Gasteiger partial charge in [0.25, 0.3) is 0 Å². The number of nitrogens with zero attached hydrogens (tertiary/aromatic N) is 1. The fourth-order valence-electron chi connectivity index (χ4n) is 2.33. The first-order valence-corrected chi connectivity index (χ1v) is 5.76. The van der Waals surface area contributed by atoms with Gasteiger partial charge in [0.1, 0.15) is 0 Å². The SMILES string of the molecule is C=CCC(N)C(=O)N1C(C)CCCC1C. The lowest BCUT2D eigenvalue weighted by Gasteiger charge is -2.40. The highest BCUT2D eigenvalue weighted by molar-refractivity contribution is 5.82. The number of likely N-dealkylation sites (tertiary alicyclic amines) is 1. The molecular weight excluding hydrogens is 188 g/mol. The van der Waals surface area contributed by atoms with Crippen molar-refractivity contribution in [1.82, 2.24) is 4.90 Å². The molecule has 1 fully saturated rings. The number of hydrogen-bond acceptors (Lipinski definition) is 2. The van der Waals surface area contributed by atoms with Crippen molar-refractivity contribution < 1.29 is 4.79 Å². The Morgan fingerprint density at radius 1 is 1.53 bits per heavy atom. The van der Waals surface area contributed by atoms with Crippen molar-refractivity contribution in [2.24, 2.45) is 5.73 Å². The fourth-order valence-corrected chi connectivity index (χ4v) is 2.33. The molecule has 1 amide bonds. The maximum Gasteiger partial charge on any atom is 0.240 e. The van der Waals surface area contributed by atoms with Crippen LogP contribution in [0.25, 0.3) is 0 Å². The highest BCUT2D eigenvalue weighted by Crippen LogP contribution is 2.23. The van der Waals surface area contributed by atoms with Crippen molar-refractivity contribution >= 4 is 5.91 Å². The smallest absolute Gasteiger partial charge is 0.240 e. The van der Waals surface area contributed by atoms with E-state index >= 15 is 0 Å². The summed E-state index contributed by atoms with van der Waals surface area (Å²) in [5.74, 6) is 0.0783. The van der Waals surface area contributed by atoms with Crippen molar-refractivity contribution in [3.63, 3.8) is 0 Å². The van der Waals surface area contributed by atoms with Crippen LogP contribution >= 0.6 is 0 Å². The second-order valence-corrected chi connectivity index (χ2v) is 4.51. The Morgan fingerprint density at radius 2 is 2.07 bits per heavy atom. The van der Waals surface area contributed by atoms with Gasteiger partial charge in [-0.2, -0.15) is 0 Å². The summed E-state index contributed by atoms with van der Waals surface area (Å²) in [7, 11) is 0. The molecule has 0 bridgehead atoms. The monoisotopic (exact) mass is 210 g/mol. The maximum atomic E-state index is 12.1. The molecule has 1 aliphatic heterocycles. The molecule has 86 valence electrons. The lowest BCUT2D eigenvalue weighted by molar-refractivity contribution is -0.138. The maximum absolute atomic E-state index is 12.1. The number of carbonyl (C=O) groups excluding carboxylic acids is 1. The minimum atomic E-state index is -0.412. The number of amides is 1. The summed E-state index contributed by atoms with van der Waals surface area (Å²) in [5, 5.41) is 0. The zero-order valence-corrected chi connectivity index (χ0v) is 9.78. The van der Waals surface area contributed by atoms with E-state index in [0.29, 0.717) is 18.5 Å². The predicted molar refractivity (Wildman–Crippen MR) is 62.4 cm³/mol. The molecule has 0 aromatic rings. The second kappa shape index (κ2) is 5.31. The van der Waals surface area contributed by atoms with E-state index in [1.54, 1.807) is 6.08 Å². The van der Waals surface area contributed by atoms with Crippen LogP contribution in [-0.4, -0.2) is 28.9 Å². The first kappa shape index (κ1) is 12.2. The van der Waals surface area contributed by atoms with Crippen LogP contribution in [0, 0.1) is 0 Å². The van der Waals surface area contributed by atoms with Gasteiger partial charge in [0.2, 0.25) is 5.91 Å². The van der Waals surface area contributed by atoms with Gasteiger partial charge in [0.15, 0.2) is 0 Å². The third-order valence-corrected chi connectivity index (χ3v) is 3.19. The van der Waals surface area contributed by atoms with Crippen molar-refractivity contribution in [2.75, 3.05) is 0 Å². The molecule has 1 saturated heterocycles. The number of hydrogen-bond donors (Lipinski definition) is 1. The van der Waals surface area contributed by atoms with E-state index in [2.05, 4.69) is 20.4 Å². The normalized spacial score (nSPS) is 28.6. The minimum absolute atomic E-state index is 0.0783. The van der Waals surface area contributed by atoms with Gasteiger partial charge in [0, 0.05) is 12.1 Å². The molecule has 15 heavy (non-hydrogen) atoms. The number of rotatable bonds is 3. The Kier molecular flexibility index (Phi) is 4.33. The quantitative estimate of drug-likeness (QED) is 0.720. The molecule has 0 saturated carbocycles. The van der Waals surface area contributed by atoms with Crippen LogP contribution in [0.2, 0.25) is 0 Å². The summed E-state index contributed by atoms with van der Waals surface area (Å²) in [6.45, 7) is 7.83. The van der Waals surface area contributed by atoms with Gasteiger partial charge in [0.05, 0.1) is 6.04 Å². The Hall–Kier alpha value is -0.830. The highest BCUT2D eigenvalue weighted by atomic mass is 16.2. The van der Waals surface area contributed by atoms with E-state index in [0.717, 1.165) is 12.8 Å². The Labute approximate surface area is 92.3 Å². The first-order chi connectivity index (χ1) is 7.07. The number of piperidine rings is 1. The number of carbonyl (C=O) groups is 1. The summed E-state index contributed by atoms with van der Waals surface area (Å²) in [5.41, 5.74) is 5.82. The van der Waals surface area contributed by atoms with Crippen LogP contribution in [0.4, 0.5) is 0 Å². The highest BCUT2D eigenvalue weighted by Gasteiger charge is 2.31. The van der Waals surface area contributed by atoms with Crippen molar-refractivity contribution in [3.8, 4) is 0 Å². The summed E-state index contributed by atoms with van der Waals surface area (Å²) >= 11 is 0. The zero-order valence-electron chi connectivity index (χ0n) is 9.78. The van der Waals surface area contributed by atoms with Crippen molar-refractivity contribution in [1.29, 1.82) is 0 Å². The van der Waals surface area contributed by atoms with Crippen LogP contribution in [0.1, 0.15) is 39.5 Å². The van der Waals surface area contributed by atoms with Gasteiger partial charge in [-0.05, 0) is 39.5 Å². The third kappa shape index (κ3) is 2.81. The molecule has 1 heterocycles. The van der Waals surface area contributed by atoms with E-state index < -0.39 is 6.04 Å². The average Bonchev–Trinajstić information content (AvgIpc) is 2.17. The molecule has 3 unspecified atom stereocenters. The fraction of sp³-hybridized carbons (Fsp3) is 0.750. The molecule has 0 aromatic heterocycles. The second-order valence-electron chi connectivity index (χ2n) is 4.51. The Balaban J connectivity index is 2.66. The van der Waals surface area contributed by atoms with Gasteiger partial charge in [-0.3, -0.25) is 4.79 Å². The summed E-state index contributed by atoms with van der Waals surface area (Å²) < 4.78 is 0. The van der Waals surface area contributed by atoms with Crippen LogP contribution in [0.5, 0.6) is 0 Å². The van der Waals surface area contributed by atoms with E-state index in [1.165, 1.54) is 6.42 Å². The molecule has 3 atom stereocenters. The van der Waals surface area contributed by atoms with Crippen molar-refractivity contribution in [3.05, 3.63) is 12.7 Å². The standard InChI is InChI=1S/C12H22N2O/c1-4-6-11(13)12(15)14-9(2)7-5-8-10(14)3/h4,9-11H,1,5-8,13H2,2-3H3. The lowest BCUT2D eigenvalue weighted by Crippen LogP contribution is -2.53. The van der Waals surface area contributed by atoms with Gasteiger partial charge >= 0.3 is 0 Å². The van der Waals surface area contributed by atoms with Gasteiger partial charge < -0.3 is 10.6 Å². The van der Waals surface area contributed by atoms with E-state index in [-0.39, 0.29) is 5.91 Å². The summed E-state index contributed by atoms with van der Waals surface area (Å²) in [6, 6.07) is 0.250. The predicted octanol–water partition coefficient (Wildman–Crippen LogP) is 1.68. The summed E-state index contributed by atoms with van der Waals surface area (Å²) in [4.78, 5) is 14.0. The molecule has 0 aliphatic carbocycles. The molecule has 1 rings (SSSR count). The lowest BCUT2D eigenvalue weighted by atomic mass is 9.96. The van der Waals surface area contributed by atoms with E-state index in [4.69, 9.17) is 5.73 Å². The molecule has 3 heteroatoms. The number of nitrogens with two attached hydrogens (primary N) is 1. The van der Waals surface area contributed by atoms with Crippen LogP contribution in [0.15, 0.2) is 12.7 Å². The third-order valence-electron chi connectivity index (χ3n) is 3.19. The van der Waals surface area contributed by atoms with Gasteiger partial charge in [-0.25, -0.2) is 0 Å². The van der Waals surface area contributed by atoms with Crippen molar-refractivity contribution in [2.45, 2.75) is 57.7 Å². The van der Waals surface area contributed by atoms with Crippen LogP contribution in [0.3, 0.4) is 0 Å². The molecule has 0 radical (unpaired) electrons. The largest absolute Gasteiger partial charge is 0.336 e. The van der Waals surface area contributed by atoms with Gasteiger partial charge in [-0.15, -0.1) is 6.58 Å². The molecule has 3 nitrogen and oxygen atoms in total. The summed E-state index contributed by atoms with van der Waals surface area (Å²) in [6.07, 6.45) is 5.67. The van der Waals surface area contributed by atoms with Crippen LogP contribution < -0.4 is 5.73 Å². The topological polar surface area (TPSA) is 46.3 Å². The molecular formula is C12H22N2O. The van der Waals surface area contributed by atoms with E-state index in [9.17, 15) is 4.79 Å². The first-order valence-electron chi connectivity index (χ1n) is 5.76. The molecule has 0 aromatic carbocycles. The minimum Gasteiger partial charge on any atom is -0.336 e.